The van der Waals surface area contributed by atoms with E-state index < -0.39 is 0 Å². The summed E-state index contributed by atoms with van der Waals surface area (Å²) in [5.41, 5.74) is 2.99. The van der Waals surface area contributed by atoms with Crippen molar-refractivity contribution in [3.05, 3.63) is 35.4 Å². The maximum atomic E-state index is 5.54. The van der Waals surface area contributed by atoms with Crippen LogP contribution in [0.2, 0.25) is 0 Å². The highest BCUT2D eigenvalue weighted by atomic mass is 16.5. The van der Waals surface area contributed by atoms with Crippen molar-refractivity contribution in [1.29, 1.82) is 0 Å². The second-order valence-corrected chi connectivity index (χ2v) is 3.78. The van der Waals surface area contributed by atoms with Crippen LogP contribution in [-0.4, -0.2) is 13.2 Å². The molecule has 1 unspecified atom stereocenters. The SMILES string of the molecule is CC1COCCCc2ccccc21. The first-order valence-corrected chi connectivity index (χ1v) is 5.03. The van der Waals surface area contributed by atoms with Crippen molar-refractivity contribution in [2.45, 2.75) is 25.7 Å². The summed E-state index contributed by atoms with van der Waals surface area (Å²) in [5.74, 6) is 0.552. The molecule has 1 heterocycles. The van der Waals surface area contributed by atoms with Crippen molar-refractivity contribution in [2.75, 3.05) is 13.2 Å². The van der Waals surface area contributed by atoms with Crippen molar-refractivity contribution < 1.29 is 4.74 Å². The van der Waals surface area contributed by atoms with Gasteiger partial charge in [-0.15, -0.1) is 0 Å². The monoisotopic (exact) mass is 176 g/mol. The fraction of sp³-hybridized carbons (Fsp3) is 0.500. The third-order valence-electron chi connectivity index (χ3n) is 2.69. The highest BCUT2D eigenvalue weighted by Gasteiger charge is 2.12. The zero-order chi connectivity index (χ0) is 9.10. The van der Waals surface area contributed by atoms with E-state index in [1.165, 1.54) is 17.5 Å². The van der Waals surface area contributed by atoms with Gasteiger partial charge in [-0.3, -0.25) is 0 Å². The van der Waals surface area contributed by atoms with Crippen molar-refractivity contribution in [1.82, 2.24) is 0 Å². The van der Waals surface area contributed by atoms with E-state index in [0.717, 1.165) is 19.6 Å². The number of rotatable bonds is 0. The molecule has 0 bridgehead atoms. The second-order valence-electron chi connectivity index (χ2n) is 3.78. The van der Waals surface area contributed by atoms with Gasteiger partial charge in [0.1, 0.15) is 0 Å². The third-order valence-corrected chi connectivity index (χ3v) is 2.69. The molecular weight excluding hydrogens is 160 g/mol. The molecule has 0 saturated carbocycles. The van der Waals surface area contributed by atoms with E-state index in [4.69, 9.17) is 4.74 Å². The van der Waals surface area contributed by atoms with Gasteiger partial charge < -0.3 is 4.74 Å². The van der Waals surface area contributed by atoms with Crippen LogP contribution in [0.25, 0.3) is 0 Å². The first-order valence-electron chi connectivity index (χ1n) is 5.03. The molecule has 1 nitrogen and oxygen atoms in total. The summed E-state index contributed by atoms with van der Waals surface area (Å²) in [4.78, 5) is 0. The minimum absolute atomic E-state index is 0.552. The Morgan fingerprint density at radius 3 is 3.08 bits per heavy atom. The lowest BCUT2D eigenvalue weighted by Gasteiger charge is -2.19. The molecule has 70 valence electrons. The number of hydrogen-bond donors (Lipinski definition) is 0. The van der Waals surface area contributed by atoms with E-state index in [1.54, 1.807) is 0 Å². The summed E-state index contributed by atoms with van der Waals surface area (Å²) >= 11 is 0. The third kappa shape index (κ3) is 1.92. The Balaban J connectivity index is 2.31. The second kappa shape index (κ2) is 3.93. The summed E-state index contributed by atoms with van der Waals surface area (Å²) in [5, 5.41) is 0. The lowest BCUT2D eigenvalue weighted by atomic mass is 9.93. The molecule has 0 amide bonds. The van der Waals surface area contributed by atoms with Crippen LogP contribution in [0, 0.1) is 0 Å². The maximum Gasteiger partial charge on any atom is 0.0532 e. The molecule has 2 rings (SSSR count). The molecule has 0 radical (unpaired) electrons. The summed E-state index contributed by atoms with van der Waals surface area (Å²) in [6.07, 6.45) is 2.32. The molecular formula is C12H16O. The first-order chi connectivity index (χ1) is 6.38. The molecule has 13 heavy (non-hydrogen) atoms. The standard InChI is InChI=1S/C12H16O/c1-10-9-13-8-4-6-11-5-2-3-7-12(10)11/h2-3,5,7,10H,4,6,8-9H2,1H3. The van der Waals surface area contributed by atoms with Crippen LogP contribution < -0.4 is 0 Å². The van der Waals surface area contributed by atoms with Crippen molar-refractivity contribution in [2.24, 2.45) is 0 Å². The lowest BCUT2D eigenvalue weighted by Crippen LogP contribution is -2.12. The fourth-order valence-corrected chi connectivity index (χ4v) is 1.96. The van der Waals surface area contributed by atoms with Gasteiger partial charge in [-0.1, -0.05) is 31.2 Å². The van der Waals surface area contributed by atoms with Gasteiger partial charge in [0.15, 0.2) is 0 Å². The molecule has 0 fully saturated rings. The maximum absolute atomic E-state index is 5.54. The number of benzene rings is 1. The van der Waals surface area contributed by atoms with Gasteiger partial charge in [-0.2, -0.15) is 0 Å². The average molecular weight is 176 g/mol. The van der Waals surface area contributed by atoms with Crippen LogP contribution in [0.4, 0.5) is 0 Å². The molecule has 0 aliphatic carbocycles. The average Bonchev–Trinajstić information content (AvgIpc) is 2.14. The van der Waals surface area contributed by atoms with E-state index in [2.05, 4.69) is 31.2 Å². The highest BCUT2D eigenvalue weighted by Crippen LogP contribution is 2.23. The number of aryl methyl sites for hydroxylation is 1. The molecule has 0 N–H and O–H groups in total. The largest absolute Gasteiger partial charge is 0.381 e. The zero-order valence-corrected chi connectivity index (χ0v) is 8.12. The number of ether oxygens (including phenoxy) is 1. The van der Waals surface area contributed by atoms with Gasteiger partial charge >= 0.3 is 0 Å². The quantitative estimate of drug-likeness (QED) is 0.590. The Morgan fingerprint density at radius 1 is 1.31 bits per heavy atom. The van der Waals surface area contributed by atoms with Crippen molar-refractivity contribution in [3.8, 4) is 0 Å². The lowest BCUT2D eigenvalue weighted by molar-refractivity contribution is 0.117. The Hall–Kier alpha value is -0.820. The predicted octanol–water partition coefficient (Wildman–Crippen LogP) is 2.75. The first kappa shape index (κ1) is 8.76. The van der Waals surface area contributed by atoms with Gasteiger partial charge in [-0.05, 0) is 24.0 Å². The van der Waals surface area contributed by atoms with Crippen LogP contribution >= 0.6 is 0 Å². The van der Waals surface area contributed by atoms with Crippen molar-refractivity contribution in [3.63, 3.8) is 0 Å². The Bertz CT molecular complexity index is 280. The molecule has 0 aromatic heterocycles. The van der Waals surface area contributed by atoms with Crippen molar-refractivity contribution >= 4 is 0 Å². The van der Waals surface area contributed by atoms with E-state index in [0.29, 0.717) is 5.92 Å². The fourth-order valence-electron chi connectivity index (χ4n) is 1.96. The van der Waals surface area contributed by atoms with Gasteiger partial charge in [0.2, 0.25) is 0 Å². The van der Waals surface area contributed by atoms with Gasteiger partial charge in [0.05, 0.1) is 6.61 Å². The highest BCUT2D eigenvalue weighted by molar-refractivity contribution is 5.30. The topological polar surface area (TPSA) is 9.23 Å². The zero-order valence-electron chi connectivity index (χ0n) is 8.12. The predicted molar refractivity (Wildman–Crippen MR) is 54.0 cm³/mol. The number of fused-ring (bicyclic) bond motifs is 1. The Kier molecular flexibility index (Phi) is 2.65. The van der Waals surface area contributed by atoms with E-state index in [1.807, 2.05) is 0 Å². The molecule has 1 aromatic carbocycles. The minimum atomic E-state index is 0.552. The van der Waals surface area contributed by atoms with Crippen LogP contribution in [0.15, 0.2) is 24.3 Å². The van der Waals surface area contributed by atoms with Crippen LogP contribution in [-0.2, 0) is 11.2 Å². The molecule has 1 aliphatic heterocycles. The summed E-state index contributed by atoms with van der Waals surface area (Å²) in [6.45, 7) is 4.03. The van der Waals surface area contributed by atoms with E-state index in [-0.39, 0.29) is 0 Å². The summed E-state index contributed by atoms with van der Waals surface area (Å²) in [6, 6.07) is 8.73. The molecule has 1 aliphatic rings. The minimum Gasteiger partial charge on any atom is -0.381 e. The molecule has 1 heteroatoms. The van der Waals surface area contributed by atoms with Crippen LogP contribution in [0.5, 0.6) is 0 Å². The normalized spacial score (nSPS) is 23.0. The molecule has 1 atom stereocenters. The molecule has 0 saturated heterocycles. The summed E-state index contributed by atoms with van der Waals surface area (Å²) in [7, 11) is 0. The number of hydrogen-bond acceptors (Lipinski definition) is 1. The van der Waals surface area contributed by atoms with Gasteiger partial charge in [0.25, 0.3) is 0 Å². The van der Waals surface area contributed by atoms with Crippen LogP contribution in [0.3, 0.4) is 0 Å². The summed E-state index contributed by atoms with van der Waals surface area (Å²) < 4.78 is 5.54. The van der Waals surface area contributed by atoms with E-state index >= 15 is 0 Å². The van der Waals surface area contributed by atoms with Crippen LogP contribution in [0.1, 0.15) is 30.4 Å². The smallest absolute Gasteiger partial charge is 0.0532 e. The van der Waals surface area contributed by atoms with E-state index in [9.17, 15) is 0 Å². The van der Waals surface area contributed by atoms with Gasteiger partial charge in [0, 0.05) is 12.5 Å². The Morgan fingerprint density at radius 2 is 2.15 bits per heavy atom. The molecule has 1 aromatic rings. The molecule has 0 spiro atoms. The Labute approximate surface area is 79.7 Å². The van der Waals surface area contributed by atoms with Gasteiger partial charge in [-0.25, -0.2) is 0 Å².